The minimum absolute atomic E-state index is 0.217. The molecule has 1 aromatic rings. The second-order valence-electron chi connectivity index (χ2n) is 3.56. The quantitative estimate of drug-likeness (QED) is 0.724. The number of aliphatic hydroxyl groups is 1. The Labute approximate surface area is 77.6 Å². The van der Waals surface area contributed by atoms with Gasteiger partial charge in [-0.1, -0.05) is 6.92 Å². The Balaban J connectivity index is 2.18. The monoisotopic (exact) mass is 181 g/mol. The number of rotatable bonds is 2. The lowest BCUT2D eigenvalue weighted by atomic mass is 10.1. The predicted molar refractivity (Wildman–Crippen MR) is 48.3 cm³/mol. The van der Waals surface area contributed by atoms with Gasteiger partial charge in [-0.3, -0.25) is 0 Å². The van der Waals surface area contributed by atoms with Gasteiger partial charge in [0.1, 0.15) is 5.82 Å². The fourth-order valence-corrected chi connectivity index (χ4v) is 1.67. The molecule has 1 aromatic heterocycles. The van der Waals surface area contributed by atoms with E-state index < -0.39 is 0 Å². The fraction of sp³-hybridized carbons (Fsp3) is 0.778. The Morgan fingerprint density at radius 1 is 1.62 bits per heavy atom. The van der Waals surface area contributed by atoms with Crippen molar-refractivity contribution in [1.29, 1.82) is 0 Å². The van der Waals surface area contributed by atoms with E-state index in [-0.39, 0.29) is 6.10 Å². The number of fused-ring (bicyclic) bond motifs is 1. The molecule has 13 heavy (non-hydrogen) atoms. The lowest BCUT2D eigenvalue weighted by Gasteiger charge is -2.16. The van der Waals surface area contributed by atoms with E-state index in [1.807, 2.05) is 4.68 Å². The minimum atomic E-state index is -0.217. The second kappa shape index (κ2) is 3.46. The van der Waals surface area contributed by atoms with Gasteiger partial charge in [0.15, 0.2) is 5.82 Å². The van der Waals surface area contributed by atoms with Gasteiger partial charge in [0.05, 0.1) is 6.10 Å². The van der Waals surface area contributed by atoms with E-state index in [9.17, 15) is 5.11 Å². The first kappa shape index (κ1) is 8.69. The number of aryl methyl sites for hydroxylation is 2. The molecule has 0 saturated heterocycles. The van der Waals surface area contributed by atoms with Crippen LogP contribution in [0.1, 0.15) is 31.4 Å². The molecule has 0 aliphatic carbocycles. The summed E-state index contributed by atoms with van der Waals surface area (Å²) < 4.78 is 1.93. The molecule has 0 bridgehead atoms. The largest absolute Gasteiger partial charge is 0.393 e. The van der Waals surface area contributed by atoms with Crippen molar-refractivity contribution in [3.05, 3.63) is 11.6 Å². The van der Waals surface area contributed by atoms with Gasteiger partial charge in [0.25, 0.3) is 0 Å². The highest BCUT2D eigenvalue weighted by Crippen LogP contribution is 2.13. The summed E-state index contributed by atoms with van der Waals surface area (Å²) in [6, 6.07) is 0. The molecule has 0 fully saturated rings. The lowest BCUT2D eigenvalue weighted by Crippen LogP contribution is -2.23. The van der Waals surface area contributed by atoms with Crippen LogP contribution in [0.5, 0.6) is 0 Å². The lowest BCUT2D eigenvalue weighted by molar-refractivity contribution is 0.138. The van der Waals surface area contributed by atoms with Gasteiger partial charge in [0.2, 0.25) is 0 Å². The van der Waals surface area contributed by atoms with Crippen LogP contribution in [0.3, 0.4) is 0 Å². The van der Waals surface area contributed by atoms with Gasteiger partial charge in [0, 0.05) is 19.4 Å². The van der Waals surface area contributed by atoms with E-state index in [2.05, 4.69) is 17.0 Å². The Morgan fingerprint density at radius 2 is 2.46 bits per heavy atom. The molecule has 0 saturated carbocycles. The first-order valence-electron chi connectivity index (χ1n) is 4.90. The van der Waals surface area contributed by atoms with Gasteiger partial charge < -0.3 is 5.11 Å². The number of nitrogens with zero attached hydrogens (tertiary/aromatic N) is 3. The van der Waals surface area contributed by atoms with E-state index >= 15 is 0 Å². The molecular formula is C9H15N3O. The number of aliphatic hydroxyl groups excluding tert-OH is 1. The molecule has 2 rings (SSSR count). The first-order chi connectivity index (χ1) is 6.29. The summed E-state index contributed by atoms with van der Waals surface area (Å²) in [5.41, 5.74) is 0. The second-order valence-corrected chi connectivity index (χ2v) is 3.56. The minimum Gasteiger partial charge on any atom is -0.393 e. The van der Waals surface area contributed by atoms with Gasteiger partial charge in [-0.15, -0.1) is 0 Å². The molecule has 0 aromatic carbocycles. The summed E-state index contributed by atoms with van der Waals surface area (Å²) in [5.74, 6) is 1.87. The molecule has 1 N–H and O–H groups in total. The molecule has 0 radical (unpaired) electrons. The van der Waals surface area contributed by atoms with Crippen molar-refractivity contribution in [2.75, 3.05) is 0 Å². The van der Waals surface area contributed by atoms with Crippen molar-refractivity contribution in [2.24, 2.45) is 0 Å². The molecule has 1 atom stereocenters. The van der Waals surface area contributed by atoms with Crippen LogP contribution in [0.15, 0.2) is 0 Å². The van der Waals surface area contributed by atoms with E-state index in [1.54, 1.807) is 0 Å². The zero-order chi connectivity index (χ0) is 9.26. The maximum absolute atomic E-state index is 9.41. The van der Waals surface area contributed by atoms with E-state index in [1.165, 1.54) is 0 Å². The molecule has 72 valence electrons. The third-order valence-corrected chi connectivity index (χ3v) is 2.36. The summed E-state index contributed by atoms with van der Waals surface area (Å²) in [7, 11) is 0. The molecule has 0 amide bonds. The average Bonchev–Trinajstić information content (AvgIpc) is 2.46. The summed E-state index contributed by atoms with van der Waals surface area (Å²) >= 11 is 0. The maximum Gasteiger partial charge on any atom is 0.150 e. The van der Waals surface area contributed by atoms with Crippen molar-refractivity contribution < 1.29 is 5.11 Å². The normalized spacial score (nSPS) is 21.5. The van der Waals surface area contributed by atoms with Gasteiger partial charge >= 0.3 is 0 Å². The highest BCUT2D eigenvalue weighted by Gasteiger charge is 2.19. The third-order valence-electron chi connectivity index (χ3n) is 2.36. The molecule has 4 nitrogen and oxygen atoms in total. The van der Waals surface area contributed by atoms with E-state index in [0.29, 0.717) is 6.42 Å². The highest BCUT2D eigenvalue weighted by atomic mass is 16.3. The number of hydrogen-bond acceptors (Lipinski definition) is 3. The van der Waals surface area contributed by atoms with Crippen LogP contribution in [-0.2, 0) is 19.4 Å². The fourth-order valence-electron chi connectivity index (χ4n) is 1.67. The average molecular weight is 181 g/mol. The topological polar surface area (TPSA) is 50.9 Å². The third kappa shape index (κ3) is 1.72. The molecule has 1 aliphatic rings. The molecule has 0 spiro atoms. The maximum atomic E-state index is 9.41. The first-order valence-corrected chi connectivity index (χ1v) is 4.90. The summed E-state index contributed by atoms with van der Waals surface area (Å²) in [4.78, 5) is 4.38. The Hall–Kier alpha value is -0.900. The Kier molecular flexibility index (Phi) is 2.31. The standard InChI is InChI=1S/C9H15N3O/c1-2-3-8-10-9-6-7(13)4-5-12(9)11-8/h7,13H,2-6H2,1H3. The Morgan fingerprint density at radius 3 is 3.23 bits per heavy atom. The van der Waals surface area contributed by atoms with Crippen LogP contribution >= 0.6 is 0 Å². The van der Waals surface area contributed by atoms with E-state index in [0.717, 1.165) is 37.5 Å². The number of aromatic nitrogens is 3. The smallest absolute Gasteiger partial charge is 0.150 e. The van der Waals surface area contributed by atoms with Crippen LogP contribution in [0.2, 0.25) is 0 Å². The molecule has 1 unspecified atom stereocenters. The van der Waals surface area contributed by atoms with E-state index in [4.69, 9.17) is 0 Å². The van der Waals surface area contributed by atoms with Crippen molar-refractivity contribution in [3.8, 4) is 0 Å². The van der Waals surface area contributed by atoms with Crippen LogP contribution in [0.25, 0.3) is 0 Å². The van der Waals surface area contributed by atoms with Crippen LogP contribution < -0.4 is 0 Å². The van der Waals surface area contributed by atoms with Crippen molar-refractivity contribution in [2.45, 2.75) is 45.3 Å². The SMILES string of the molecule is CCCc1nc2n(n1)CCC(O)C2. The molecule has 1 aliphatic heterocycles. The number of hydrogen-bond donors (Lipinski definition) is 1. The van der Waals surface area contributed by atoms with Crippen LogP contribution in [-0.4, -0.2) is 26.0 Å². The van der Waals surface area contributed by atoms with Crippen molar-refractivity contribution in [3.63, 3.8) is 0 Å². The van der Waals surface area contributed by atoms with Crippen molar-refractivity contribution in [1.82, 2.24) is 14.8 Å². The van der Waals surface area contributed by atoms with Gasteiger partial charge in [-0.25, -0.2) is 9.67 Å². The van der Waals surface area contributed by atoms with Gasteiger partial charge in [-0.2, -0.15) is 5.10 Å². The summed E-state index contributed by atoms with van der Waals surface area (Å²) in [5, 5.41) is 13.8. The van der Waals surface area contributed by atoms with Crippen LogP contribution in [0.4, 0.5) is 0 Å². The van der Waals surface area contributed by atoms with Crippen LogP contribution in [0, 0.1) is 0 Å². The molecular weight excluding hydrogens is 166 g/mol. The zero-order valence-electron chi connectivity index (χ0n) is 7.90. The Bertz CT molecular complexity index is 295. The predicted octanol–water partition coefficient (Wildman–Crippen LogP) is 0.538. The summed E-state index contributed by atoms with van der Waals surface area (Å²) in [6.07, 6.45) is 3.27. The van der Waals surface area contributed by atoms with Crippen molar-refractivity contribution >= 4 is 0 Å². The molecule has 4 heteroatoms. The summed E-state index contributed by atoms with van der Waals surface area (Å²) in [6.45, 7) is 2.93. The van der Waals surface area contributed by atoms with Gasteiger partial charge in [-0.05, 0) is 12.8 Å². The zero-order valence-corrected chi connectivity index (χ0v) is 7.90. The highest BCUT2D eigenvalue weighted by molar-refractivity contribution is 4.97. The molecule has 2 heterocycles.